The number of halogens is 2. The van der Waals surface area contributed by atoms with Gasteiger partial charge in [0, 0.05) is 11.1 Å². The van der Waals surface area contributed by atoms with Gasteiger partial charge in [0.2, 0.25) is 0 Å². The normalized spacial score (nSPS) is 9.56. The van der Waals surface area contributed by atoms with Crippen LogP contribution in [0, 0.1) is 28.5 Å². The predicted octanol–water partition coefficient (Wildman–Crippen LogP) is 3.89. The summed E-state index contributed by atoms with van der Waals surface area (Å²) in [5.41, 5.74) is 1.12. The molecule has 0 aliphatic heterocycles. The van der Waals surface area contributed by atoms with E-state index in [0.29, 0.717) is 11.1 Å². The highest BCUT2D eigenvalue weighted by molar-refractivity contribution is 6.32. The van der Waals surface area contributed by atoms with Gasteiger partial charge in [0.15, 0.2) is 0 Å². The molecule has 0 amide bonds. The number of nitriles is 2. The maximum Gasteiger partial charge on any atom is 0.131 e. The van der Waals surface area contributed by atoms with Gasteiger partial charge in [0.05, 0.1) is 22.2 Å². The lowest BCUT2D eigenvalue weighted by molar-refractivity contribution is 0.631. The number of rotatable bonds is 1. The summed E-state index contributed by atoms with van der Waals surface area (Å²) in [6.07, 6.45) is 0. The predicted molar refractivity (Wildman–Crippen MR) is 66.3 cm³/mol. The fourth-order valence-corrected chi connectivity index (χ4v) is 1.88. The van der Waals surface area contributed by atoms with Crippen molar-refractivity contribution < 1.29 is 4.39 Å². The fourth-order valence-electron chi connectivity index (χ4n) is 1.66. The third-order valence-electron chi connectivity index (χ3n) is 2.51. The van der Waals surface area contributed by atoms with Crippen molar-refractivity contribution >= 4 is 11.6 Å². The number of hydrogen-bond donors (Lipinski definition) is 0. The molecule has 2 nitrogen and oxygen atoms in total. The molecule has 2 aromatic rings. The fraction of sp³-hybridized carbons (Fsp3) is 0. The molecule has 0 radical (unpaired) electrons. The second-order valence-electron chi connectivity index (χ2n) is 3.58. The molecule has 0 saturated heterocycles. The Morgan fingerprint density at radius 1 is 1.00 bits per heavy atom. The standard InChI is InChI=1S/C14H6ClFN2/c15-13-3-1-2-10(12(13)8-18)11-6-9(7-17)4-5-14(11)16/h1-6H. The summed E-state index contributed by atoms with van der Waals surface area (Å²) in [6, 6.07) is 12.7. The highest BCUT2D eigenvalue weighted by Crippen LogP contribution is 2.30. The minimum atomic E-state index is -0.493. The zero-order valence-electron chi connectivity index (χ0n) is 9.11. The average molecular weight is 257 g/mol. The van der Waals surface area contributed by atoms with Crippen LogP contribution in [-0.4, -0.2) is 0 Å². The van der Waals surface area contributed by atoms with Gasteiger partial charge >= 0.3 is 0 Å². The van der Waals surface area contributed by atoms with Crippen molar-refractivity contribution in [3.05, 3.63) is 58.4 Å². The van der Waals surface area contributed by atoms with Crippen LogP contribution in [0.1, 0.15) is 11.1 Å². The largest absolute Gasteiger partial charge is 0.206 e. The van der Waals surface area contributed by atoms with Crippen molar-refractivity contribution in [2.24, 2.45) is 0 Å². The van der Waals surface area contributed by atoms with Gasteiger partial charge in [0.1, 0.15) is 11.9 Å². The van der Waals surface area contributed by atoms with Crippen LogP contribution in [0.5, 0.6) is 0 Å². The van der Waals surface area contributed by atoms with Crippen molar-refractivity contribution in [2.75, 3.05) is 0 Å². The van der Waals surface area contributed by atoms with E-state index in [1.165, 1.54) is 18.2 Å². The summed E-state index contributed by atoms with van der Waals surface area (Å²) in [4.78, 5) is 0. The first-order chi connectivity index (χ1) is 8.67. The quantitative estimate of drug-likeness (QED) is 0.777. The lowest BCUT2D eigenvalue weighted by Gasteiger charge is -2.07. The monoisotopic (exact) mass is 256 g/mol. The molecule has 0 spiro atoms. The maximum atomic E-state index is 13.8. The van der Waals surface area contributed by atoms with Crippen molar-refractivity contribution in [2.45, 2.75) is 0 Å². The summed E-state index contributed by atoms with van der Waals surface area (Å²) in [6.45, 7) is 0. The third-order valence-corrected chi connectivity index (χ3v) is 2.83. The SMILES string of the molecule is N#Cc1ccc(F)c(-c2cccc(Cl)c2C#N)c1. The van der Waals surface area contributed by atoms with Gasteiger partial charge in [-0.15, -0.1) is 0 Å². The molecule has 0 atom stereocenters. The van der Waals surface area contributed by atoms with Crippen molar-refractivity contribution in [3.8, 4) is 23.3 Å². The van der Waals surface area contributed by atoms with E-state index in [4.69, 9.17) is 22.1 Å². The smallest absolute Gasteiger partial charge is 0.131 e. The van der Waals surface area contributed by atoms with Crippen molar-refractivity contribution in [1.82, 2.24) is 0 Å². The molecule has 2 aromatic carbocycles. The molecular formula is C14H6ClFN2. The Bertz CT molecular complexity index is 696. The van der Waals surface area contributed by atoms with Crippen LogP contribution in [0.15, 0.2) is 36.4 Å². The van der Waals surface area contributed by atoms with E-state index >= 15 is 0 Å². The molecule has 0 heterocycles. The second-order valence-corrected chi connectivity index (χ2v) is 3.99. The van der Waals surface area contributed by atoms with Gasteiger partial charge in [-0.25, -0.2) is 4.39 Å². The van der Waals surface area contributed by atoms with Crippen LogP contribution in [-0.2, 0) is 0 Å². The summed E-state index contributed by atoms with van der Waals surface area (Å²) < 4.78 is 13.8. The highest BCUT2D eigenvalue weighted by atomic mass is 35.5. The van der Waals surface area contributed by atoms with Gasteiger partial charge in [-0.1, -0.05) is 23.7 Å². The van der Waals surface area contributed by atoms with Crippen LogP contribution in [0.4, 0.5) is 4.39 Å². The van der Waals surface area contributed by atoms with E-state index in [2.05, 4.69) is 0 Å². The summed E-state index contributed by atoms with van der Waals surface area (Å²) >= 11 is 5.90. The summed E-state index contributed by atoms with van der Waals surface area (Å²) in [7, 11) is 0. The third kappa shape index (κ3) is 2.05. The topological polar surface area (TPSA) is 47.6 Å². The van der Waals surface area contributed by atoms with Gasteiger partial charge in [0.25, 0.3) is 0 Å². The first-order valence-electron chi connectivity index (χ1n) is 5.06. The lowest BCUT2D eigenvalue weighted by Crippen LogP contribution is -1.90. The Morgan fingerprint density at radius 3 is 2.44 bits per heavy atom. The van der Waals surface area contributed by atoms with E-state index < -0.39 is 5.82 Å². The first-order valence-corrected chi connectivity index (χ1v) is 5.44. The molecule has 0 aromatic heterocycles. The zero-order chi connectivity index (χ0) is 13.1. The molecule has 18 heavy (non-hydrogen) atoms. The summed E-state index contributed by atoms with van der Waals surface area (Å²) in [5, 5.41) is 18.1. The van der Waals surface area contributed by atoms with Gasteiger partial charge in [-0.2, -0.15) is 10.5 Å². The lowest BCUT2D eigenvalue weighted by atomic mass is 9.98. The van der Waals surface area contributed by atoms with E-state index in [1.807, 2.05) is 12.1 Å². The van der Waals surface area contributed by atoms with Crippen molar-refractivity contribution in [3.63, 3.8) is 0 Å². The molecule has 0 aliphatic rings. The average Bonchev–Trinajstić information content (AvgIpc) is 2.39. The van der Waals surface area contributed by atoms with Gasteiger partial charge in [-0.3, -0.25) is 0 Å². The number of benzene rings is 2. The molecule has 0 aliphatic carbocycles. The maximum absolute atomic E-state index is 13.8. The van der Waals surface area contributed by atoms with Gasteiger partial charge in [-0.05, 0) is 24.3 Å². The summed E-state index contributed by atoms with van der Waals surface area (Å²) in [5.74, 6) is -0.493. The number of hydrogen-bond acceptors (Lipinski definition) is 2. The van der Waals surface area contributed by atoms with E-state index in [-0.39, 0.29) is 16.1 Å². The Morgan fingerprint density at radius 2 is 1.78 bits per heavy atom. The first kappa shape index (κ1) is 12.1. The Hall–Kier alpha value is -2.36. The minimum absolute atomic E-state index is 0.202. The molecule has 0 N–H and O–H groups in total. The zero-order valence-corrected chi connectivity index (χ0v) is 9.87. The molecule has 2 rings (SSSR count). The van der Waals surface area contributed by atoms with Crippen LogP contribution >= 0.6 is 11.6 Å². The van der Waals surface area contributed by atoms with E-state index in [1.54, 1.807) is 18.2 Å². The van der Waals surface area contributed by atoms with Crippen LogP contribution in [0.2, 0.25) is 5.02 Å². The highest BCUT2D eigenvalue weighted by Gasteiger charge is 2.12. The second kappa shape index (κ2) is 4.87. The van der Waals surface area contributed by atoms with Gasteiger partial charge < -0.3 is 0 Å². The molecular weight excluding hydrogens is 251 g/mol. The molecule has 86 valence electrons. The number of nitrogens with zero attached hydrogens (tertiary/aromatic N) is 2. The van der Waals surface area contributed by atoms with Crippen molar-refractivity contribution in [1.29, 1.82) is 10.5 Å². The van der Waals surface area contributed by atoms with Crippen LogP contribution < -0.4 is 0 Å². The molecule has 0 saturated carbocycles. The molecule has 0 unspecified atom stereocenters. The molecule has 4 heteroatoms. The Kier molecular flexibility index (Phi) is 3.28. The Balaban J connectivity index is 2.74. The van der Waals surface area contributed by atoms with Crippen LogP contribution in [0.25, 0.3) is 11.1 Å². The minimum Gasteiger partial charge on any atom is -0.206 e. The van der Waals surface area contributed by atoms with Crippen LogP contribution in [0.3, 0.4) is 0 Å². The van der Waals surface area contributed by atoms with E-state index in [0.717, 1.165) is 0 Å². The molecule has 0 bridgehead atoms. The Labute approximate surface area is 108 Å². The molecule has 0 fully saturated rings. The van der Waals surface area contributed by atoms with E-state index in [9.17, 15) is 4.39 Å².